The van der Waals surface area contributed by atoms with Crippen molar-refractivity contribution in [3.05, 3.63) is 60.9 Å². The van der Waals surface area contributed by atoms with Crippen LogP contribution in [0.3, 0.4) is 0 Å². The van der Waals surface area contributed by atoms with Crippen molar-refractivity contribution in [2.75, 3.05) is 23.4 Å². The fraction of sp³-hybridized carbons (Fsp3) is 0.227. The standard InChI is InChI=1S/C22H22N4O3S/c1-25-14-12-23-22(25)30-19-6-3-2-5-18(19)24-20(27)15-29-17-10-8-16(9-11-17)26-13-4-7-21(26)28/h2-3,5-6,8-12,14H,4,7,13,15H2,1H3,(H,24,27). The van der Waals surface area contributed by atoms with Crippen molar-refractivity contribution in [3.63, 3.8) is 0 Å². The molecule has 3 aromatic rings. The molecule has 30 heavy (non-hydrogen) atoms. The van der Waals surface area contributed by atoms with Crippen LogP contribution in [0, 0.1) is 0 Å². The van der Waals surface area contributed by atoms with Gasteiger partial charge in [0.15, 0.2) is 11.8 Å². The predicted molar refractivity (Wildman–Crippen MR) is 116 cm³/mol. The summed E-state index contributed by atoms with van der Waals surface area (Å²) in [5, 5.41) is 3.74. The highest BCUT2D eigenvalue weighted by Gasteiger charge is 2.21. The topological polar surface area (TPSA) is 76.5 Å². The Morgan fingerprint density at radius 1 is 1.20 bits per heavy atom. The van der Waals surface area contributed by atoms with Crippen molar-refractivity contribution in [3.8, 4) is 5.75 Å². The van der Waals surface area contributed by atoms with Gasteiger partial charge < -0.3 is 19.5 Å². The summed E-state index contributed by atoms with van der Waals surface area (Å²) in [6.07, 6.45) is 5.10. The first kappa shape index (κ1) is 20.0. The lowest BCUT2D eigenvalue weighted by Gasteiger charge is -2.16. The van der Waals surface area contributed by atoms with Crippen molar-refractivity contribution in [2.24, 2.45) is 7.05 Å². The van der Waals surface area contributed by atoms with Crippen molar-refractivity contribution >= 4 is 35.0 Å². The van der Waals surface area contributed by atoms with Gasteiger partial charge in [-0.25, -0.2) is 4.98 Å². The van der Waals surface area contributed by atoms with E-state index in [9.17, 15) is 9.59 Å². The molecule has 0 atom stereocenters. The van der Waals surface area contributed by atoms with Crippen LogP contribution in [0.15, 0.2) is 71.0 Å². The maximum Gasteiger partial charge on any atom is 0.262 e. The van der Waals surface area contributed by atoms with Gasteiger partial charge in [0.2, 0.25) is 5.91 Å². The number of anilines is 2. The van der Waals surface area contributed by atoms with Crippen LogP contribution in [0.2, 0.25) is 0 Å². The summed E-state index contributed by atoms with van der Waals surface area (Å²) in [7, 11) is 1.93. The molecule has 4 rings (SSSR count). The number of hydrogen-bond acceptors (Lipinski definition) is 5. The lowest BCUT2D eigenvalue weighted by Crippen LogP contribution is -2.23. The van der Waals surface area contributed by atoms with Crippen LogP contribution < -0.4 is 15.0 Å². The number of nitrogens with zero attached hydrogens (tertiary/aromatic N) is 3. The van der Waals surface area contributed by atoms with Crippen LogP contribution >= 0.6 is 11.8 Å². The summed E-state index contributed by atoms with van der Waals surface area (Å²) in [5.41, 5.74) is 1.57. The second kappa shape index (κ2) is 9.04. The van der Waals surface area contributed by atoms with Gasteiger partial charge in [0.05, 0.1) is 5.69 Å². The van der Waals surface area contributed by atoms with Gasteiger partial charge in [0.25, 0.3) is 5.91 Å². The largest absolute Gasteiger partial charge is 0.484 e. The number of hydrogen-bond donors (Lipinski definition) is 1. The number of ether oxygens (including phenoxy) is 1. The normalized spacial score (nSPS) is 13.5. The maximum absolute atomic E-state index is 12.4. The van der Waals surface area contributed by atoms with Crippen molar-refractivity contribution < 1.29 is 14.3 Å². The number of para-hydroxylation sites is 1. The predicted octanol–water partition coefficient (Wildman–Crippen LogP) is 3.72. The number of amides is 2. The van der Waals surface area contributed by atoms with E-state index in [0.29, 0.717) is 17.9 Å². The molecule has 2 aromatic carbocycles. The molecule has 1 saturated heterocycles. The third kappa shape index (κ3) is 4.65. The first-order chi connectivity index (χ1) is 14.6. The molecule has 0 aliphatic carbocycles. The Balaban J connectivity index is 1.34. The second-order valence-corrected chi connectivity index (χ2v) is 7.91. The van der Waals surface area contributed by atoms with Crippen LogP contribution in [0.25, 0.3) is 0 Å². The van der Waals surface area contributed by atoms with E-state index in [1.807, 2.05) is 54.2 Å². The van der Waals surface area contributed by atoms with Gasteiger partial charge in [-0.2, -0.15) is 0 Å². The average molecular weight is 423 g/mol. The Labute approximate surface area is 179 Å². The Hall–Kier alpha value is -3.26. The number of aromatic nitrogens is 2. The van der Waals surface area contributed by atoms with Crippen LogP contribution in [-0.4, -0.2) is 34.5 Å². The van der Waals surface area contributed by atoms with Gasteiger partial charge in [0.1, 0.15) is 5.75 Å². The molecule has 0 spiro atoms. The molecular weight excluding hydrogens is 400 g/mol. The van der Waals surface area contributed by atoms with Gasteiger partial charge in [-0.15, -0.1) is 0 Å². The number of carbonyl (C=O) groups excluding carboxylic acids is 2. The molecule has 0 saturated carbocycles. The highest BCUT2D eigenvalue weighted by atomic mass is 32.2. The molecule has 2 amide bonds. The quantitative estimate of drug-likeness (QED) is 0.628. The maximum atomic E-state index is 12.4. The van der Waals surface area contributed by atoms with E-state index in [0.717, 1.165) is 28.7 Å². The zero-order valence-electron chi connectivity index (χ0n) is 16.6. The lowest BCUT2D eigenvalue weighted by molar-refractivity contribution is -0.118. The number of rotatable bonds is 7. The van der Waals surface area contributed by atoms with E-state index in [-0.39, 0.29) is 18.4 Å². The second-order valence-electron chi connectivity index (χ2n) is 6.90. The molecule has 0 unspecified atom stereocenters. The van der Waals surface area contributed by atoms with Gasteiger partial charge in [-0.05, 0) is 54.6 Å². The number of carbonyl (C=O) groups is 2. The first-order valence-electron chi connectivity index (χ1n) is 9.67. The molecule has 1 aliphatic rings. The van der Waals surface area contributed by atoms with Gasteiger partial charge in [-0.1, -0.05) is 12.1 Å². The van der Waals surface area contributed by atoms with E-state index in [1.54, 1.807) is 23.2 Å². The smallest absolute Gasteiger partial charge is 0.262 e. The number of aryl methyl sites for hydroxylation is 1. The molecule has 1 N–H and O–H groups in total. The van der Waals surface area contributed by atoms with E-state index in [2.05, 4.69) is 10.3 Å². The molecule has 2 heterocycles. The monoisotopic (exact) mass is 422 g/mol. The Kier molecular flexibility index (Phi) is 6.04. The molecule has 1 fully saturated rings. The Bertz CT molecular complexity index is 1050. The molecule has 0 bridgehead atoms. The number of imidazole rings is 1. The molecule has 0 radical (unpaired) electrons. The zero-order valence-corrected chi connectivity index (χ0v) is 17.4. The van der Waals surface area contributed by atoms with E-state index in [1.165, 1.54) is 11.8 Å². The molecule has 1 aromatic heterocycles. The van der Waals surface area contributed by atoms with Crippen LogP contribution in [0.1, 0.15) is 12.8 Å². The summed E-state index contributed by atoms with van der Waals surface area (Å²) in [5.74, 6) is 0.475. The lowest BCUT2D eigenvalue weighted by atomic mass is 10.3. The minimum atomic E-state index is -0.248. The van der Waals surface area contributed by atoms with Gasteiger partial charge >= 0.3 is 0 Å². The van der Waals surface area contributed by atoms with Crippen molar-refractivity contribution in [1.82, 2.24) is 9.55 Å². The zero-order chi connectivity index (χ0) is 20.9. The highest BCUT2D eigenvalue weighted by molar-refractivity contribution is 7.99. The fourth-order valence-electron chi connectivity index (χ4n) is 3.19. The third-order valence-corrected chi connectivity index (χ3v) is 5.88. The van der Waals surface area contributed by atoms with Gasteiger partial charge in [0, 0.05) is 43.0 Å². The molecule has 8 heteroatoms. The van der Waals surface area contributed by atoms with E-state index >= 15 is 0 Å². The molecule has 7 nitrogen and oxygen atoms in total. The Morgan fingerprint density at radius 2 is 2.00 bits per heavy atom. The Morgan fingerprint density at radius 3 is 2.70 bits per heavy atom. The minimum Gasteiger partial charge on any atom is -0.484 e. The fourth-order valence-corrected chi connectivity index (χ4v) is 4.08. The van der Waals surface area contributed by atoms with Crippen LogP contribution in [-0.2, 0) is 16.6 Å². The van der Waals surface area contributed by atoms with Gasteiger partial charge in [-0.3, -0.25) is 9.59 Å². The average Bonchev–Trinajstić information content (AvgIpc) is 3.36. The number of benzene rings is 2. The van der Waals surface area contributed by atoms with E-state index in [4.69, 9.17) is 4.74 Å². The molecule has 154 valence electrons. The molecule has 1 aliphatic heterocycles. The summed E-state index contributed by atoms with van der Waals surface area (Å²) in [6.45, 7) is 0.639. The first-order valence-corrected chi connectivity index (χ1v) is 10.5. The van der Waals surface area contributed by atoms with Crippen molar-refractivity contribution in [1.29, 1.82) is 0 Å². The summed E-state index contributed by atoms with van der Waals surface area (Å²) >= 11 is 1.48. The molecular formula is C22H22N4O3S. The minimum absolute atomic E-state index is 0.108. The third-order valence-electron chi connectivity index (χ3n) is 4.73. The summed E-state index contributed by atoms with van der Waals surface area (Å²) in [6, 6.07) is 14.8. The summed E-state index contributed by atoms with van der Waals surface area (Å²) < 4.78 is 7.53. The highest BCUT2D eigenvalue weighted by Crippen LogP contribution is 2.32. The van der Waals surface area contributed by atoms with E-state index < -0.39 is 0 Å². The number of nitrogens with one attached hydrogen (secondary N) is 1. The SMILES string of the molecule is Cn1ccnc1Sc1ccccc1NC(=O)COc1ccc(N2CCCC2=O)cc1. The summed E-state index contributed by atoms with van der Waals surface area (Å²) in [4.78, 5) is 31.2. The van der Waals surface area contributed by atoms with Crippen LogP contribution in [0.5, 0.6) is 5.75 Å². The van der Waals surface area contributed by atoms with Crippen molar-refractivity contribution in [2.45, 2.75) is 22.9 Å². The van der Waals surface area contributed by atoms with Crippen LogP contribution in [0.4, 0.5) is 11.4 Å².